The van der Waals surface area contributed by atoms with Crippen molar-refractivity contribution >= 4 is 5.78 Å². The molecule has 4 N–H and O–H groups in total. The fraction of sp³-hybridized carbons (Fsp3) is 0.900. The third-order valence-electron chi connectivity index (χ3n) is 12.2. The van der Waals surface area contributed by atoms with Gasteiger partial charge < -0.3 is 20.4 Å². The van der Waals surface area contributed by atoms with Crippen molar-refractivity contribution in [3.8, 4) is 0 Å². The summed E-state index contributed by atoms with van der Waals surface area (Å²) in [4.78, 5) is 13.9. The maximum Gasteiger partial charge on any atom is 0.159 e. The van der Waals surface area contributed by atoms with Gasteiger partial charge in [-0.05, 0) is 92.3 Å². The van der Waals surface area contributed by atoms with E-state index in [9.17, 15) is 25.2 Å². The van der Waals surface area contributed by atoms with Gasteiger partial charge in [-0.1, -0.05) is 47.1 Å². The molecule has 4 rings (SSSR count). The van der Waals surface area contributed by atoms with E-state index in [-0.39, 0.29) is 33.7 Å². The number of hydrogen-bond acceptors (Lipinski definition) is 5. The summed E-state index contributed by atoms with van der Waals surface area (Å²) in [5.41, 5.74) is 0.682. The number of allylic oxidation sites excluding steroid dienone is 2. The summed E-state index contributed by atoms with van der Waals surface area (Å²) in [6.07, 6.45) is 6.42. The molecule has 0 aliphatic heterocycles. The molecule has 0 unspecified atom stereocenters. The summed E-state index contributed by atoms with van der Waals surface area (Å²) in [5.74, 6) is 1.32. The van der Waals surface area contributed by atoms with E-state index < -0.39 is 18.3 Å². The van der Waals surface area contributed by atoms with Gasteiger partial charge in [0.2, 0.25) is 0 Å². The van der Waals surface area contributed by atoms with Gasteiger partial charge in [0.1, 0.15) is 5.60 Å². The average molecular weight is 491 g/mol. The van der Waals surface area contributed by atoms with Gasteiger partial charge in [0.05, 0.1) is 18.8 Å². The SMILES string of the molecule is C[C@@H](CC[C@H](O)[C@@](C)(O)CO)[C@H]1CC[C@@]2(C)C3=C(CC[C@@]12C)[C@]1(C)CC[C@H](O)C(C)(C)[C@H]1CC3=O. The minimum atomic E-state index is -1.47. The lowest BCUT2D eigenvalue weighted by atomic mass is 9.43. The molecule has 9 atom stereocenters. The minimum Gasteiger partial charge on any atom is -0.393 e. The van der Waals surface area contributed by atoms with E-state index in [0.717, 1.165) is 50.5 Å². The highest BCUT2D eigenvalue weighted by atomic mass is 16.4. The summed E-state index contributed by atoms with van der Waals surface area (Å²) < 4.78 is 0. The summed E-state index contributed by atoms with van der Waals surface area (Å²) in [7, 11) is 0. The maximum atomic E-state index is 13.9. The molecule has 35 heavy (non-hydrogen) atoms. The van der Waals surface area contributed by atoms with Gasteiger partial charge in [-0.3, -0.25) is 4.79 Å². The van der Waals surface area contributed by atoms with Crippen LogP contribution in [0.5, 0.6) is 0 Å². The highest BCUT2D eigenvalue weighted by Crippen LogP contribution is 2.71. The van der Waals surface area contributed by atoms with Crippen LogP contribution in [-0.4, -0.2) is 50.6 Å². The molecule has 5 heteroatoms. The van der Waals surface area contributed by atoms with Gasteiger partial charge in [-0.25, -0.2) is 0 Å². The van der Waals surface area contributed by atoms with Gasteiger partial charge >= 0.3 is 0 Å². The minimum absolute atomic E-state index is 0.0139. The van der Waals surface area contributed by atoms with E-state index in [2.05, 4.69) is 41.5 Å². The first-order chi connectivity index (χ1) is 16.1. The van der Waals surface area contributed by atoms with Gasteiger partial charge in [0.25, 0.3) is 0 Å². The maximum absolute atomic E-state index is 13.9. The fourth-order valence-corrected chi connectivity index (χ4v) is 9.34. The molecule has 0 aromatic carbocycles. The molecule has 4 aliphatic carbocycles. The number of fused-ring (bicyclic) bond motifs is 4. The summed E-state index contributed by atoms with van der Waals surface area (Å²) >= 11 is 0. The van der Waals surface area contributed by atoms with E-state index in [1.165, 1.54) is 12.5 Å². The predicted octanol–water partition coefficient (Wildman–Crippen LogP) is 4.80. The second kappa shape index (κ2) is 8.64. The number of carbonyl (C=O) groups is 1. The Morgan fingerprint density at radius 2 is 1.71 bits per heavy atom. The van der Waals surface area contributed by atoms with Crippen LogP contribution in [0.1, 0.15) is 106 Å². The molecule has 4 aliphatic rings. The molecule has 0 heterocycles. The van der Waals surface area contributed by atoms with Crippen LogP contribution in [0.2, 0.25) is 0 Å². The molecular formula is C30H50O5. The zero-order valence-corrected chi connectivity index (χ0v) is 23.2. The first-order valence-electron chi connectivity index (χ1n) is 14.0. The molecule has 0 amide bonds. The zero-order valence-electron chi connectivity index (χ0n) is 23.2. The second-order valence-corrected chi connectivity index (χ2v) is 14.3. The Bertz CT molecular complexity index is 889. The highest BCUT2D eigenvalue weighted by molar-refractivity contribution is 5.99. The standard InChI is InChI=1S/C30H50O5/c1-18(8-9-24(34)30(7,35)17-31)19-10-15-29(6)25-20(11-14-28(19,29)5)27(4)13-12-23(33)26(2,3)22(27)16-21(25)32/h18-19,22-24,31,33-35H,8-17H2,1-7H3/t18-,19+,22+,23-,24-,27-,28-,29-,30-/m0/s1. The van der Waals surface area contributed by atoms with Crippen molar-refractivity contribution in [1.82, 2.24) is 0 Å². The second-order valence-electron chi connectivity index (χ2n) is 14.3. The van der Waals surface area contributed by atoms with Crippen molar-refractivity contribution in [3.63, 3.8) is 0 Å². The molecule has 0 saturated heterocycles. The molecular weight excluding hydrogens is 440 g/mol. The van der Waals surface area contributed by atoms with Crippen LogP contribution in [0.4, 0.5) is 0 Å². The summed E-state index contributed by atoms with van der Waals surface area (Å²) in [6, 6.07) is 0. The Labute approximate surface area is 212 Å². The van der Waals surface area contributed by atoms with E-state index in [0.29, 0.717) is 30.5 Å². The van der Waals surface area contributed by atoms with Gasteiger partial charge in [0.15, 0.2) is 5.78 Å². The van der Waals surface area contributed by atoms with Crippen LogP contribution in [0, 0.1) is 39.4 Å². The van der Waals surface area contributed by atoms with Crippen molar-refractivity contribution in [2.45, 2.75) is 124 Å². The normalized spacial score (nSPS) is 44.2. The molecule has 0 spiro atoms. The number of rotatable bonds is 6. The van der Waals surface area contributed by atoms with Crippen LogP contribution in [0.15, 0.2) is 11.1 Å². The first-order valence-corrected chi connectivity index (χ1v) is 14.0. The molecule has 200 valence electrons. The Balaban J connectivity index is 1.63. The van der Waals surface area contributed by atoms with Gasteiger partial charge in [-0.15, -0.1) is 0 Å². The third kappa shape index (κ3) is 3.82. The van der Waals surface area contributed by atoms with E-state index in [1.807, 2.05) is 0 Å². The number of aliphatic hydroxyl groups is 4. The Morgan fingerprint density at radius 1 is 1.06 bits per heavy atom. The Kier molecular flexibility index (Phi) is 6.74. The van der Waals surface area contributed by atoms with E-state index >= 15 is 0 Å². The van der Waals surface area contributed by atoms with Crippen molar-refractivity contribution in [1.29, 1.82) is 0 Å². The lowest BCUT2D eigenvalue weighted by molar-refractivity contribution is -0.134. The number of aliphatic hydroxyl groups excluding tert-OH is 3. The number of hydrogen-bond donors (Lipinski definition) is 4. The van der Waals surface area contributed by atoms with Crippen molar-refractivity contribution in [2.75, 3.05) is 6.61 Å². The number of Topliss-reactive ketones (excluding diaryl/α,β-unsaturated/α-hetero) is 1. The third-order valence-corrected chi connectivity index (χ3v) is 12.2. The zero-order chi connectivity index (χ0) is 26.2. The Morgan fingerprint density at radius 3 is 2.34 bits per heavy atom. The average Bonchev–Trinajstić information content (AvgIpc) is 3.07. The monoisotopic (exact) mass is 490 g/mol. The van der Waals surface area contributed by atoms with Crippen LogP contribution in [-0.2, 0) is 4.79 Å². The Hall–Kier alpha value is -0.750. The van der Waals surface area contributed by atoms with Crippen LogP contribution in [0.25, 0.3) is 0 Å². The predicted molar refractivity (Wildman–Crippen MR) is 138 cm³/mol. The quantitative estimate of drug-likeness (QED) is 0.429. The highest BCUT2D eigenvalue weighted by Gasteiger charge is 2.65. The fourth-order valence-electron chi connectivity index (χ4n) is 9.34. The largest absolute Gasteiger partial charge is 0.393 e. The van der Waals surface area contributed by atoms with Gasteiger partial charge in [-0.2, -0.15) is 0 Å². The molecule has 0 radical (unpaired) electrons. The number of ketones is 1. The summed E-state index contributed by atoms with van der Waals surface area (Å²) in [6.45, 7) is 14.7. The topological polar surface area (TPSA) is 98.0 Å². The van der Waals surface area contributed by atoms with E-state index in [1.54, 1.807) is 0 Å². The molecule has 0 aromatic rings. The lowest BCUT2D eigenvalue weighted by Crippen LogP contribution is -2.57. The van der Waals surface area contributed by atoms with E-state index in [4.69, 9.17) is 0 Å². The molecule has 2 saturated carbocycles. The van der Waals surface area contributed by atoms with Crippen molar-refractivity contribution in [3.05, 3.63) is 11.1 Å². The molecule has 0 bridgehead atoms. The first kappa shape index (κ1) is 27.3. The van der Waals surface area contributed by atoms with Crippen molar-refractivity contribution in [2.24, 2.45) is 39.4 Å². The van der Waals surface area contributed by atoms with Gasteiger partial charge in [0, 0.05) is 17.4 Å². The number of carbonyl (C=O) groups excluding carboxylic acids is 1. The lowest BCUT2D eigenvalue weighted by Gasteiger charge is -2.61. The van der Waals surface area contributed by atoms with Crippen LogP contribution >= 0.6 is 0 Å². The van der Waals surface area contributed by atoms with Crippen LogP contribution in [0.3, 0.4) is 0 Å². The van der Waals surface area contributed by atoms with Crippen LogP contribution < -0.4 is 0 Å². The molecule has 2 fully saturated rings. The smallest absolute Gasteiger partial charge is 0.159 e. The summed E-state index contributed by atoms with van der Waals surface area (Å²) in [5, 5.41) is 40.8. The molecule has 0 aromatic heterocycles. The molecule has 5 nitrogen and oxygen atoms in total. The van der Waals surface area contributed by atoms with Crippen molar-refractivity contribution < 1.29 is 25.2 Å².